The quantitative estimate of drug-likeness (QED) is 0.496. The molecular weight excluding hydrogens is 425 g/mol. The van der Waals surface area contributed by atoms with E-state index in [1.54, 1.807) is 11.9 Å². The molecule has 0 amide bonds. The highest BCUT2D eigenvalue weighted by Crippen LogP contribution is 2.42. The minimum Gasteiger partial charge on any atom is -0.493 e. The van der Waals surface area contributed by atoms with Crippen LogP contribution in [0.15, 0.2) is 35.2 Å². The second-order valence-electron chi connectivity index (χ2n) is 8.70. The third-order valence-corrected chi connectivity index (χ3v) is 7.82. The molecule has 0 aromatic heterocycles. The first-order valence-electron chi connectivity index (χ1n) is 11.9. The zero-order chi connectivity index (χ0) is 22.5. The molecule has 1 fully saturated rings. The fourth-order valence-corrected chi connectivity index (χ4v) is 5.83. The summed E-state index contributed by atoms with van der Waals surface area (Å²) in [5.74, 6) is 1.20. The number of anilines is 1. The van der Waals surface area contributed by atoms with E-state index in [0.29, 0.717) is 25.0 Å². The lowest BCUT2D eigenvalue weighted by atomic mass is 9.94. The highest BCUT2D eigenvalue weighted by Gasteiger charge is 2.29. The van der Waals surface area contributed by atoms with Crippen molar-refractivity contribution in [1.29, 1.82) is 0 Å². The Labute approximate surface area is 195 Å². The lowest BCUT2D eigenvalue weighted by Gasteiger charge is -2.38. The van der Waals surface area contributed by atoms with Gasteiger partial charge in [-0.25, -0.2) is 4.39 Å². The summed E-state index contributed by atoms with van der Waals surface area (Å²) in [5.41, 5.74) is 3.39. The second kappa shape index (κ2) is 10.9. The maximum absolute atomic E-state index is 15.0. The van der Waals surface area contributed by atoms with Crippen LogP contribution >= 0.6 is 11.9 Å². The van der Waals surface area contributed by atoms with Gasteiger partial charge >= 0.3 is 0 Å². The average Bonchev–Trinajstić information content (AvgIpc) is 2.84. The smallest absolute Gasteiger partial charge is 0.131 e. The molecule has 6 heteroatoms. The Hall–Kier alpha value is -1.76. The van der Waals surface area contributed by atoms with E-state index in [2.05, 4.69) is 17.3 Å². The third kappa shape index (κ3) is 5.08. The van der Waals surface area contributed by atoms with Crippen LogP contribution in [0.3, 0.4) is 0 Å². The SMILES string of the molecule is CCc1ccc2c(c1F)CCC(CC)N2Sc1ccc(OCC2CCOCC2)c(CO)c1. The van der Waals surface area contributed by atoms with Gasteiger partial charge in [0, 0.05) is 35.3 Å². The Morgan fingerprint density at radius 1 is 1.12 bits per heavy atom. The van der Waals surface area contributed by atoms with E-state index in [1.165, 1.54) is 0 Å². The van der Waals surface area contributed by atoms with Crippen LogP contribution in [-0.4, -0.2) is 31.0 Å². The summed E-state index contributed by atoms with van der Waals surface area (Å²) < 4.78 is 28.8. The van der Waals surface area contributed by atoms with E-state index in [-0.39, 0.29) is 12.4 Å². The number of fused-ring (bicyclic) bond motifs is 1. The Morgan fingerprint density at radius 2 is 1.94 bits per heavy atom. The predicted molar refractivity (Wildman–Crippen MR) is 128 cm³/mol. The summed E-state index contributed by atoms with van der Waals surface area (Å²) in [4.78, 5) is 1.03. The summed E-state index contributed by atoms with van der Waals surface area (Å²) in [6, 6.07) is 10.3. The van der Waals surface area contributed by atoms with Crippen molar-refractivity contribution in [1.82, 2.24) is 0 Å². The van der Waals surface area contributed by atoms with E-state index < -0.39 is 0 Å². The zero-order valence-electron chi connectivity index (χ0n) is 19.1. The maximum Gasteiger partial charge on any atom is 0.131 e. The van der Waals surface area contributed by atoms with Gasteiger partial charge in [-0.05, 0) is 86.2 Å². The van der Waals surface area contributed by atoms with Crippen molar-refractivity contribution >= 4 is 17.6 Å². The first-order valence-corrected chi connectivity index (χ1v) is 12.6. The first-order chi connectivity index (χ1) is 15.6. The Bertz CT molecular complexity index is 916. The molecule has 2 aliphatic rings. The van der Waals surface area contributed by atoms with Crippen LogP contribution in [0.4, 0.5) is 10.1 Å². The van der Waals surface area contributed by atoms with Crippen molar-refractivity contribution in [3.8, 4) is 5.75 Å². The molecule has 2 aromatic rings. The van der Waals surface area contributed by atoms with Crippen molar-refractivity contribution in [2.45, 2.75) is 69.9 Å². The van der Waals surface area contributed by atoms with E-state index in [0.717, 1.165) is 78.3 Å². The van der Waals surface area contributed by atoms with Gasteiger partial charge in [0.1, 0.15) is 11.6 Å². The molecular formula is C26H34FNO3S. The van der Waals surface area contributed by atoms with Gasteiger partial charge in [-0.2, -0.15) is 0 Å². The number of ether oxygens (including phenoxy) is 2. The molecule has 1 unspecified atom stereocenters. The van der Waals surface area contributed by atoms with Crippen LogP contribution in [-0.2, 0) is 24.2 Å². The molecule has 4 rings (SSSR count). The van der Waals surface area contributed by atoms with Crippen molar-refractivity contribution in [2.75, 3.05) is 24.1 Å². The van der Waals surface area contributed by atoms with Crippen LogP contribution in [0.25, 0.3) is 0 Å². The Balaban J connectivity index is 1.53. The molecule has 32 heavy (non-hydrogen) atoms. The minimum absolute atomic E-state index is 0.0435. The summed E-state index contributed by atoms with van der Waals surface area (Å²) in [6.45, 7) is 6.36. The number of aliphatic hydroxyl groups excluding tert-OH is 1. The van der Waals surface area contributed by atoms with E-state index in [4.69, 9.17) is 9.47 Å². The molecule has 0 radical (unpaired) electrons. The topological polar surface area (TPSA) is 41.9 Å². The van der Waals surface area contributed by atoms with Crippen molar-refractivity contribution in [3.05, 3.63) is 52.8 Å². The summed E-state index contributed by atoms with van der Waals surface area (Å²) >= 11 is 1.63. The highest BCUT2D eigenvalue weighted by atomic mass is 32.2. The van der Waals surface area contributed by atoms with Crippen molar-refractivity contribution in [2.24, 2.45) is 5.92 Å². The molecule has 0 saturated carbocycles. The van der Waals surface area contributed by atoms with Gasteiger partial charge in [0.2, 0.25) is 0 Å². The summed E-state index contributed by atoms with van der Waals surface area (Å²) in [5, 5.41) is 9.96. The lowest BCUT2D eigenvalue weighted by Crippen LogP contribution is -2.34. The zero-order valence-corrected chi connectivity index (χ0v) is 19.9. The number of benzene rings is 2. The van der Waals surface area contributed by atoms with Crippen LogP contribution < -0.4 is 9.04 Å². The normalized spacial score (nSPS) is 19.1. The van der Waals surface area contributed by atoms with Crippen LogP contribution in [0.5, 0.6) is 5.75 Å². The number of halogens is 1. The van der Waals surface area contributed by atoms with E-state index in [1.807, 2.05) is 31.2 Å². The minimum atomic E-state index is -0.0697. The highest BCUT2D eigenvalue weighted by molar-refractivity contribution is 8.00. The molecule has 2 aliphatic heterocycles. The molecule has 0 bridgehead atoms. The van der Waals surface area contributed by atoms with Crippen LogP contribution in [0, 0.1) is 11.7 Å². The monoisotopic (exact) mass is 459 g/mol. The first kappa shape index (κ1) is 23.4. The van der Waals surface area contributed by atoms with Crippen molar-refractivity contribution in [3.63, 3.8) is 0 Å². The third-order valence-electron chi connectivity index (χ3n) is 6.67. The Kier molecular flexibility index (Phi) is 7.98. The molecule has 0 spiro atoms. The number of hydrogen-bond donors (Lipinski definition) is 1. The Morgan fingerprint density at radius 3 is 2.66 bits per heavy atom. The molecule has 2 aromatic carbocycles. The largest absolute Gasteiger partial charge is 0.493 e. The van der Waals surface area contributed by atoms with E-state index in [9.17, 15) is 5.11 Å². The van der Waals surface area contributed by atoms with E-state index >= 15 is 4.39 Å². The van der Waals surface area contributed by atoms with Gasteiger partial charge < -0.3 is 18.9 Å². The molecule has 1 saturated heterocycles. The van der Waals surface area contributed by atoms with Gasteiger partial charge in [0.15, 0.2) is 0 Å². The summed E-state index contributed by atoms with van der Waals surface area (Å²) in [6.07, 6.45) is 5.48. The molecule has 174 valence electrons. The lowest BCUT2D eigenvalue weighted by molar-refractivity contribution is 0.0494. The fraction of sp³-hybridized carbons (Fsp3) is 0.538. The van der Waals surface area contributed by atoms with Crippen LogP contribution in [0.1, 0.15) is 56.2 Å². The maximum atomic E-state index is 15.0. The average molecular weight is 460 g/mol. The molecule has 1 N–H and O–H groups in total. The molecule has 0 aliphatic carbocycles. The number of rotatable bonds is 8. The number of aryl methyl sites for hydroxylation is 1. The van der Waals surface area contributed by atoms with Gasteiger partial charge in [-0.15, -0.1) is 0 Å². The van der Waals surface area contributed by atoms with Gasteiger partial charge in [-0.3, -0.25) is 0 Å². The number of nitrogens with zero attached hydrogens (tertiary/aromatic N) is 1. The summed E-state index contributed by atoms with van der Waals surface area (Å²) in [7, 11) is 0. The van der Waals surface area contributed by atoms with Gasteiger partial charge in [0.05, 0.1) is 18.9 Å². The standard InChI is InChI=1S/C26H34FNO3S/c1-3-19-5-9-24-23(26(19)27)8-6-21(4-2)28(24)32-22-7-10-25(20(15-22)16-29)31-17-18-11-13-30-14-12-18/h5,7,9-10,15,18,21,29H,3-4,6,8,11-14,16-17H2,1-2H3. The molecule has 1 atom stereocenters. The van der Waals surface area contributed by atoms with Crippen molar-refractivity contribution < 1.29 is 19.0 Å². The number of hydrogen-bond acceptors (Lipinski definition) is 5. The van der Waals surface area contributed by atoms with Crippen LogP contribution in [0.2, 0.25) is 0 Å². The molecule has 2 heterocycles. The molecule has 4 nitrogen and oxygen atoms in total. The number of aliphatic hydroxyl groups is 1. The fourth-order valence-electron chi connectivity index (χ4n) is 4.61. The second-order valence-corrected chi connectivity index (χ2v) is 9.75. The van der Waals surface area contributed by atoms with Gasteiger partial charge in [0.25, 0.3) is 0 Å². The predicted octanol–water partition coefficient (Wildman–Crippen LogP) is 5.92. The van der Waals surface area contributed by atoms with Gasteiger partial charge in [-0.1, -0.05) is 19.9 Å².